The van der Waals surface area contributed by atoms with Gasteiger partial charge in [0.25, 0.3) is 11.2 Å². The minimum absolute atomic E-state index is 0.0244. The van der Waals surface area contributed by atoms with Crippen molar-refractivity contribution in [1.82, 2.24) is 14.6 Å². The number of nitro groups is 1. The van der Waals surface area contributed by atoms with Crippen molar-refractivity contribution in [1.29, 1.82) is 0 Å². The quantitative estimate of drug-likeness (QED) is 0.569. The topological polar surface area (TPSA) is 114 Å². The van der Waals surface area contributed by atoms with Gasteiger partial charge in [0, 0.05) is 17.7 Å². The van der Waals surface area contributed by atoms with Crippen LogP contribution < -0.4 is 5.56 Å². The summed E-state index contributed by atoms with van der Waals surface area (Å²) in [6.07, 6.45) is 1.50. The van der Waals surface area contributed by atoms with Crippen LogP contribution in [0.3, 0.4) is 0 Å². The van der Waals surface area contributed by atoms with Gasteiger partial charge in [-0.3, -0.25) is 14.9 Å². The van der Waals surface area contributed by atoms with E-state index in [9.17, 15) is 20.0 Å². The van der Waals surface area contributed by atoms with Crippen molar-refractivity contribution in [3.8, 4) is 17.0 Å². The Hall–Kier alpha value is -3.16. The molecule has 0 atom stereocenters. The maximum Gasteiger partial charge on any atom is 0.269 e. The number of aromatic amines is 1. The number of nitro benzene ring substituents is 1. The molecule has 0 amide bonds. The summed E-state index contributed by atoms with van der Waals surface area (Å²) in [4.78, 5) is 25.1. The molecule has 0 bridgehead atoms. The third-order valence-corrected chi connectivity index (χ3v) is 3.65. The van der Waals surface area contributed by atoms with Crippen molar-refractivity contribution in [2.24, 2.45) is 0 Å². The smallest absolute Gasteiger partial charge is 0.269 e. The molecule has 0 aliphatic carbocycles. The number of hydrogen-bond donors (Lipinski definition) is 2. The van der Waals surface area contributed by atoms with Gasteiger partial charge in [0.1, 0.15) is 5.65 Å². The maximum absolute atomic E-state index is 12.2. The number of benzene rings is 1. The summed E-state index contributed by atoms with van der Waals surface area (Å²) in [6.45, 7) is 3.60. The molecular formula is C15H14N4O4. The Morgan fingerprint density at radius 3 is 2.52 bits per heavy atom. The summed E-state index contributed by atoms with van der Waals surface area (Å²) >= 11 is 0. The molecule has 2 aromatic heterocycles. The molecule has 0 unspecified atom stereocenters. The zero-order valence-corrected chi connectivity index (χ0v) is 12.5. The molecule has 0 radical (unpaired) electrons. The number of aromatic nitrogens is 3. The largest absolute Gasteiger partial charge is 0.493 e. The standard InChI is InChI=1S/C15H14N4O4/c1-8(2)12-14(20)17-13-11(7-16-18(13)15(12)21)9-3-5-10(6-4-9)19(22)23/h3-8,21H,1-2H3,(H,17,20). The summed E-state index contributed by atoms with van der Waals surface area (Å²) in [5, 5.41) is 25.1. The zero-order valence-electron chi connectivity index (χ0n) is 12.5. The van der Waals surface area contributed by atoms with E-state index in [0.29, 0.717) is 16.8 Å². The number of fused-ring (bicyclic) bond motifs is 1. The second-order valence-electron chi connectivity index (χ2n) is 5.47. The molecule has 3 aromatic rings. The summed E-state index contributed by atoms with van der Waals surface area (Å²) < 4.78 is 1.26. The molecule has 1 aromatic carbocycles. The van der Waals surface area contributed by atoms with E-state index in [1.54, 1.807) is 26.0 Å². The third kappa shape index (κ3) is 2.33. The first-order valence-corrected chi connectivity index (χ1v) is 6.98. The lowest BCUT2D eigenvalue weighted by atomic mass is 10.1. The fourth-order valence-corrected chi connectivity index (χ4v) is 2.51. The summed E-state index contributed by atoms with van der Waals surface area (Å²) in [5.74, 6) is -0.359. The van der Waals surface area contributed by atoms with Crippen LogP contribution in [0.25, 0.3) is 16.8 Å². The first-order valence-electron chi connectivity index (χ1n) is 6.98. The predicted molar refractivity (Wildman–Crippen MR) is 83.7 cm³/mol. The lowest BCUT2D eigenvalue weighted by Gasteiger charge is -2.08. The monoisotopic (exact) mass is 314 g/mol. The van der Waals surface area contributed by atoms with Gasteiger partial charge in [-0.15, -0.1) is 0 Å². The highest BCUT2D eigenvalue weighted by Crippen LogP contribution is 2.28. The van der Waals surface area contributed by atoms with Crippen molar-refractivity contribution in [2.75, 3.05) is 0 Å². The highest BCUT2D eigenvalue weighted by Gasteiger charge is 2.18. The SMILES string of the molecule is CC(C)c1c(O)n2ncc(-c3ccc([N+](=O)[O-])cc3)c2[nH]c1=O. The van der Waals surface area contributed by atoms with Crippen LogP contribution in [0.4, 0.5) is 5.69 Å². The molecule has 0 spiro atoms. The fourth-order valence-electron chi connectivity index (χ4n) is 2.51. The molecule has 2 heterocycles. The van der Waals surface area contributed by atoms with E-state index in [0.717, 1.165) is 0 Å². The van der Waals surface area contributed by atoms with Crippen LogP contribution >= 0.6 is 0 Å². The van der Waals surface area contributed by atoms with Crippen molar-refractivity contribution in [3.05, 3.63) is 56.5 Å². The molecule has 2 N–H and O–H groups in total. The van der Waals surface area contributed by atoms with Crippen LogP contribution in [0, 0.1) is 10.1 Å². The highest BCUT2D eigenvalue weighted by molar-refractivity contribution is 5.77. The molecular weight excluding hydrogens is 300 g/mol. The Balaban J connectivity index is 2.20. The van der Waals surface area contributed by atoms with E-state index < -0.39 is 4.92 Å². The van der Waals surface area contributed by atoms with Crippen LogP contribution in [0.15, 0.2) is 35.3 Å². The second-order valence-corrected chi connectivity index (χ2v) is 5.47. The molecule has 23 heavy (non-hydrogen) atoms. The fraction of sp³-hybridized carbons (Fsp3) is 0.200. The van der Waals surface area contributed by atoms with Crippen molar-refractivity contribution >= 4 is 11.3 Å². The third-order valence-electron chi connectivity index (χ3n) is 3.65. The van der Waals surface area contributed by atoms with Crippen molar-refractivity contribution in [2.45, 2.75) is 19.8 Å². The van der Waals surface area contributed by atoms with Gasteiger partial charge in [-0.1, -0.05) is 13.8 Å². The number of aromatic hydroxyl groups is 1. The molecule has 8 heteroatoms. The van der Waals surface area contributed by atoms with E-state index in [-0.39, 0.29) is 28.6 Å². The molecule has 3 rings (SSSR count). The Kier molecular flexibility index (Phi) is 3.36. The molecule has 0 saturated carbocycles. The van der Waals surface area contributed by atoms with E-state index >= 15 is 0 Å². The van der Waals surface area contributed by atoms with Crippen LogP contribution in [0.5, 0.6) is 5.88 Å². The summed E-state index contributed by atoms with van der Waals surface area (Å²) in [7, 11) is 0. The van der Waals surface area contributed by atoms with Crippen LogP contribution in [0.2, 0.25) is 0 Å². The molecule has 8 nitrogen and oxygen atoms in total. The summed E-state index contributed by atoms with van der Waals surface area (Å²) in [5.41, 5.74) is 1.42. The minimum atomic E-state index is -0.484. The van der Waals surface area contributed by atoms with Gasteiger partial charge < -0.3 is 10.1 Å². The zero-order chi connectivity index (χ0) is 16.7. The summed E-state index contributed by atoms with van der Waals surface area (Å²) in [6, 6.07) is 5.89. The number of non-ortho nitro benzene ring substituents is 1. The molecule has 0 fully saturated rings. The number of nitrogens with one attached hydrogen (secondary N) is 1. The van der Waals surface area contributed by atoms with Gasteiger partial charge in [0.15, 0.2) is 0 Å². The first kappa shape index (κ1) is 14.8. The highest BCUT2D eigenvalue weighted by atomic mass is 16.6. The van der Waals surface area contributed by atoms with Crippen LogP contribution in [0.1, 0.15) is 25.3 Å². The van der Waals surface area contributed by atoms with Gasteiger partial charge in [-0.25, -0.2) is 0 Å². The van der Waals surface area contributed by atoms with Crippen molar-refractivity contribution in [3.63, 3.8) is 0 Å². The number of rotatable bonds is 3. The van der Waals surface area contributed by atoms with Crippen LogP contribution in [-0.2, 0) is 0 Å². The predicted octanol–water partition coefficient (Wildman–Crippen LogP) is 2.43. The van der Waals surface area contributed by atoms with Gasteiger partial charge in [-0.2, -0.15) is 9.61 Å². The number of H-pyrrole nitrogens is 1. The van der Waals surface area contributed by atoms with E-state index in [4.69, 9.17) is 0 Å². The van der Waals surface area contributed by atoms with Crippen molar-refractivity contribution < 1.29 is 10.0 Å². The average Bonchev–Trinajstić information content (AvgIpc) is 2.90. The second kappa shape index (κ2) is 5.24. The maximum atomic E-state index is 12.2. The molecule has 0 saturated heterocycles. The van der Waals surface area contributed by atoms with Gasteiger partial charge in [-0.05, 0) is 23.6 Å². The lowest BCUT2D eigenvalue weighted by Crippen LogP contribution is -2.17. The molecule has 0 aliphatic heterocycles. The Morgan fingerprint density at radius 2 is 1.96 bits per heavy atom. The van der Waals surface area contributed by atoms with Gasteiger partial charge >= 0.3 is 0 Å². The number of nitrogens with zero attached hydrogens (tertiary/aromatic N) is 3. The number of hydrogen-bond acceptors (Lipinski definition) is 5. The normalized spacial score (nSPS) is 11.3. The molecule has 118 valence electrons. The van der Waals surface area contributed by atoms with Crippen LogP contribution in [-0.4, -0.2) is 24.6 Å². The Morgan fingerprint density at radius 1 is 1.30 bits per heavy atom. The average molecular weight is 314 g/mol. The minimum Gasteiger partial charge on any atom is -0.493 e. The van der Waals surface area contributed by atoms with E-state index in [2.05, 4.69) is 10.1 Å². The first-order chi connectivity index (χ1) is 10.9. The Bertz CT molecular complexity index is 954. The van der Waals surface area contributed by atoms with E-state index in [1.165, 1.54) is 22.8 Å². The lowest BCUT2D eigenvalue weighted by molar-refractivity contribution is -0.384. The Labute approximate surface area is 130 Å². The van der Waals surface area contributed by atoms with Gasteiger partial charge in [0.05, 0.1) is 16.7 Å². The van der Waals surface area contributed by atoms with Gasteiger partial charge in [0.2, 0.25) is 5.88 Å². The molecule has 0 aliphatic rings. The van der Waals surface area contributed by atoms with E-state index in [1.807, 2.05) is 0 Å².